The molecule has 3 heterocycles. The minimum atomic E-state index is 0.559. The van der Waals surface area contributed by atoms with Crippen molar-refractivity contribution in [2.24, 2.45) is 0 Å². The number of nitrogens with zero attached hydrogens (tertiary/aromatic N) is 3. The number of likely N-dealkylation sites (tertiary alicyclic amines) is 2. The fraction of sp³-hybridized carbons (Fsp3) is 0.933. The van der Waals surface area contributed by atoms with Crippen LogP contribution in [0.3, 0.4) is 0 Å². The summed E-state index contributed by atoms with van der Waals surface area (Å²) in [6, 6.07) is 0.559. The number of hydrogen-bond acceptors (Lipinski definition) is 3. The molecule has 0 spiro atoms. The average Bonchev–Trinajstić information content (AvgIpc) is 2.96. The highest BCUT2D eigenvalue weighted by Gasteiger charge is 2.31. The maximum absolute atomic E-state index is 8.51. The van der Waals surface area contributed by atoms with Gasteiger partial charge >= 0.3 is 0 Å². The minimum Gasteiger partial charge on any atom is -0.378 e. The van der Waals surface area contributed by atoms with E-state index in [9.17, 15) is 0 Å². The van der Waals surface area contributed by atoms with Crippen molar-refractivity contribution in [2.75, 3.05) is 52.5 Å². The molecule has 0 aromatic rings. The Kier molecular flexibility index (Phi) is 4.78. The zero-order valence-corrected chi connectivity index (χ0v) is 12.5. The van der Waals surface area contributed by atoms with E-state index in [1.54, 1.807) is 0 Å². The van der Waals surface area contributed by atoms with Crippen molar-refractivity contribution >= 4 is 5.96 Å². The van der Waals surface area contributed by atoms with Gasteiger partial charge in [0.2, 0.25) is 0 Å². The number of hydrogen-bond donors (Lipinski definition) is 1. The molecule has 0 bridgehead atoms. The van der Waals surface area contributed by atoms with Crippen LogP contribution in [0.2, 0.25) is 0 Å². The van der Waals surface area contributed by atoms with E-state index in [0.29, 0.717) is 6.04 Å². The highest BCUT2D eigenvalue weighted by atomic mass is 16.5. The van der Waals surface area contributed by atoms with E-state index >= 15 is 0 Å². The molecule has 0 radical (unpaired) electrons. The summed E-state index contributed by atoms with van der Waals surface area (Å²) < 4.78 is 5.40. The number of morpholine rings is 1. The van der Waals surface area contributed by atoms with Gasteiger partial charge in [0.25, 0.3) is 0 Å². The second-order valence-electron chi connectivity index (χ2n) is 6.27. The van der Waals surface area contributed by atoms with Crippen LogP contribution in [0.4, 0.5) is 0 Å². The van der Waals surface area contributed by atoms with Gasteiger partial charge in [-0.2, -0.15) is 0 Å². The summed E-state index contributed by atoms with van der Waals surface area (Å²) in [5.74, 6) is 0.743. The Morgan fingerprint density at radius 3 is 2.45 bits per heavy atom. The summed E-state index contributed by atoms with van der Waals surface area (Å²) in [5, 5.41) is 8.51. The molecule has 5 nitrogen and oxygen atoms in total. The van der Waals surface area contributed by atoms with E-state index in [4.69, 9.17) is 10.1 Å². The van der Waals surface area contributed by atoms with Gasteiger partial charge < -0.3 is 19.4 Å². The lowest BCUT2D eigenvalue weighted by atomic mass is 10.1. The van der Waals surface area contributed by atoms with Gasteiger partial charge in [-0.25, -0.2) is 0 Å². The second kappa shape index (κ2) is 6.76. The van der Waals surface area contributed by atoms with Crippen LogP contribution in [0.25, 0.3) is 0 Å². The lowest BCUT2D eigenvalue weighted by molar-refractivity contribution is 0.0600. The van der Waals surface area contributed by atoms with Gasteiger partial charge in [0, 0.05) is 32.2 Å². The highest BCUT2D eigenvalue weighted by molar-refractivity contribution is 5.77. The zero-order valence-electron chi connectivity index (χ0n) is 12.5. The minimum absolute atomic E-state index is 0.559. The molecule has 1 N–H and O–H groups in total. The molecule has 1 atom stereocenters. The van der Waals surface area contributed by atoms with Crippen molar-refractivity contribution < 1.29 is 4.74 Å². The van der Waals surface area contributed by atoms with Crippen LogP contribution in [-0.4, -0.2) is 79.2 Å². The third kappa shape index (κ3) is 3.26. The molecule has 20 heavy (non-hydrogen) atoms. The first-order valence-corrected chi connectivity index (χ1v) is 8.25. The Morgan fingerprint density at radius 1 is 0.950 bits per heavy atom. The second-order valence-corrected chi connectivity index (χ2v) is 6.27. The summed E-state index contributed by atoms with van der Waals surface area (Å²) in [7, 11) is 0. The van der Waals surface area contributed by atoms with E-state index in [1.165, 1.54) is 45.2 Å². The molecule has 0 unspecified atom stereocenters. The van der Waals surface area contributed by atoms with Crippen LogP contribution in [0, 0.1) is 5.41 Å². The van der Waals surface area contributed by atoms with Crippen LogP contribution in [0.5, 0.6) is 0 Å². The third-order valence-electron chi connectivity index (χ3n) is 4.88. The van der Waals surface area contributed by atoms with Crippen molar-refractivity contribution in [3.05, 3.63) is 0 Å². The maximum Gasteiger partial charge on any atom is 0.194 e. The summed E-state index contributed by atoms with van der Waals surface area (Å²) in [6.07, 6.45) is 6.60. The summed E-state index contributed by atoms with van der Waals surface area (Å²) in [6.45, 7) is 8.05. The lowest BCUT2D eigenvalue weighted by Gasteiger charge is -2.38. The van der Waals surface area contributed by atoms with Crippen LogP contribution < -0.4 is 0 Å². The number of guanidine groups is 1. The predicted molar refractivity (Wildman–Crippen MR) is 80.1 cm³/mol. The molecule has 3 rings (SSSR count). The molecule has 3 aliphatic rings. The van der Waals surface area contributed by atoms with Gasteiger partial charge in [0.1, 0.15) is 0 Å². The maximum atomic E-state index is 8.51. The Bertz CT molecular complexity index is 324. The Hall–Kier alpha value is -0.810. The fourth-order valence-electron chi connectivity index (χ4n) is 3.70. The molecule has 3 fully saturated rings. The number of piperidine rings is 1. The largest absolute Gasteiger partial charge is 0.378 e. The molecule has 0 saturated carbocycles. The van der Waals surface area contributed by atoms with Gasteiger partial charge in [-0.3, -0.25) is 5.41 Å². The molecule has 0 aromatic carbocycles. The van der Waals surface area contributed by atoms with Crippen LogP contribution >= 0.6 is 0 Å². The molecule has 3 saturated heterocycles. The smallest absolute Gasteiger partial charge is 0.194 e. The highest BCUT2D eigenvalue weighted by Crippen LogP contribution is 2.21. The fourth-order valence-corrected chi connectivity index (χ4v) is 3.70. The van der Waals surface area contributed by atoms with Crippen molar-refractivity contribution in [2.45, 2.75) is 38.1 Å². The standard InChI is InChI=1S/C15H28N4O/c16-15(18-9-11-20-12-10-18)19-8-4-5-14(19)13-17-6-2-1-3-7-17/h14,16H,1-13H2/t14-/m0/s1. The topological polar surface area (TPSA) is 42.8 Å². The molecular formula is C15H28N4O. The Morgan fingerprint density at radius 2 is 1.70 bits per heavy atom. The van der Waals surface area contributed by atoms with Crippen LogP contribution in [0.1, 0.15) is 32.1 Å². The van der Waals surface area contributed by atoms with Crippen molar-refractivity contribution in [3.63, 3.8) is 0 Å². The summed E-state index contributed by atoms with van der Waals surface area (Å²) >= 11 is 0. The summed E-state index contributed by atoms with van der Waals surface area (Å²) in [4.78, 5) is 7.15. The lowest BCUT2D eigenvalue weighted by Crippen LogP contribution is -2.52. The van der Waals surface area contributed by atoms with Gasteiger partial charge in [-0.05, 0) is 38.8 Å². The van der Waals surface area contributed by atoms with Crippen LogP contribution in [0.15, 0.2) is 0 Å². The quantitative estimate of drug-likeness (QED) is 0.610. The SMILES string of the molecule is N=C(N1CCOCC1)N1CCC[C@H]1CN1CCCCC1. The van der Waals surface area contributed by atoms with Gasteiger partial charge in [0.05, 0.1) is 13.2 Å². The molecule has 0 aromatic heterocycles. The monoisotopic (exact) mass is 280 g/mol. The molecule has 3 aliphatic heterocycles. The van der Waals surface area contributed by atoms with E-state index in [-0.39, 0.29) is 0 Å². The molecule has 5 heteroatoms. The van der Waals surface area contributed by atoms with E-state index in [1.807, 2.05) is 0 Å². The first-order valence-electron chi connectivity index (χ1n) is 8.25. The van der Waals surface area contributed by atoms with E-state index < -0.39 is 0 Å². The predicted octanol–water partition coefficient (Wildman–Crippen LogP) is 1.20. The third-order valence-corrected chi connectivity index (χ3v) is 4.88. The molecule has 114 valence electrons. The normalized spacial score (nSPS) is 28.9. The van der Waals surface area contributed by atoms with Gasteiger partial charge in [0.15, 0.2) is 5.96 Å². The van der Waals surface area contributed by atoms with Crippen molar-refractivity contribution in [3.8, 4) is 0 Å². The zero-order chi connectivity index (χ0) is 13.8. The number of ether oxygens (including phenoxy) is 1. The Balaban J connectivity index is 1.55. The van der Waals surface area contributed by atoms with Gasteiger partial charge in [-0.15, -0.1) is 0 Å². The van der Waals surface area contributed by atoms with E-state index in [2.05, 4.69) is 14.7 Å². The first-order chi connectivity index (χ1) is 9.84. The van der Waals surface area contributed by atoms with Crippen LogP contribution in [-0.2, 0) is 4.74 Å². The van der Waals surface area contributed by atoms with Gasteiger partial charge in [-0.1, -0.05) is 6.42 Å². The van der Waals surface area contributed by atoms with Crippen molar-refractivity contribution in [1.82, 2.24) is 14.7 Å². The first kappa shape index (κ1) is 14.1. The van der Waals surface area contributed by atoms with Crippen molar-refractivity contribution in [1.29, 1.82) is 5.41 Å². The average molecular weight is 280 g/mol. The summed E-state index contributed by atoms with van der Waals surface area (Å²) in [5.41, 5.74) is 0. The molecule has 0 amide bonds. The number of rotatable bonds is 2. The Labute approximate surface area is 122 Å². The number of nitrogens with one attached hydrogen (secondary N) is 1. The van der Waals surface area contributed by atoms with E-state index in [0.717, 1.165) is 45.4 Å². The molecule has 0 aliphatic carbocycles. The molecular weight excluding hydrogens is 252 g/mol.